The van der Waals surface area contributed by atoms with E-state index in [1.807, 2.05) is 27.7 Å². The molecule has 0 spiro atoms. The van der Waals surface area contributed by atoms with Crippen molar-refractivity contribution in [2.24, 2.45) is 0 Å². The Labute approximate surface area is 91.9 Å². The largest absolute Gasteiger partial charge is 0.474 e. The van der Waals surface area contributed by atoms with Crippen LogP contribution >= 0.6 is 0 Å². The zero-order chi connectivity index (χ0) is 11.8. The Morgan fingerprint density at radius 1 is 1.47 bits per heavy atom. The molecule has 15 heavy (non-hydrogen) atoms. The number of aromatic nitrogens is 2. The molecule has 1 heterocycles. The molecule has 1 atom stereocenters. The average molecular weight is 211 g/mol. The molecule has 0 radical (unpaired) electrons. The third-order valence-corrected chi connectivity index (χ3v) is 1.83. The molecule has 0 saturated carbocycles. The normalized spacial score (nSPS) is 11.3. The molecule has 0 aliphatic rings. The van der Waals surface area contributed by atoms with E-state index in [1.165, 1.54) is 0 Å². The van der Waals surface area contributed by atoms with Crippen molar-refractivity contribution < 1.29 is 4.74 Å². The Morgan fingerprint density at radius 2 is 2.07 bits per heavy atom. The molecule has 1 rings (SSSR count). The molecular weight excluding hydrogens is 190 g/mol. The predicted octanol–water partition coefficient (Wildman–Crippen LogP) is 2.57. The molecule has 0 amide bonds. The molecule has 0 aliphatic carbocycles. The fourth-order valence-corrected chi connectivity index (χ4v) is 0.832. The van der Waals surface area contributed by atoms with Crippen molar-refractivity contribution in [2.45, 2.75) is 47.1 Å². The van der Waals surface area contributed by atoms with Gasteiger partial charge in [0.2, 0.25) is 11.8 Å². The van der Waals surface area contributed by atoms with Crippen LogP contribution < -0.4 is 10.5 Å². The summed E-state index contributed by atoms with van der Waals surface area (Å²) in [6.45, 7) is 9.96. The van der Waals surface area contributed by atoms with E-state index in [4.69, 9.17) is 10.5 Å². The molecule has 4 heteroatoms. The molecule has 0 aromatic carbocycles. The zero-order valence-corrected chi connectivity index (χ0v) is 10.2. The van der Waals surface area contributed by atoms with Gasteiger partial charge in [0.05, 0.1) is 6.10 Å². The lowest BCUT2D eigenvalue weighted by atomic mass is 10.3. The van der Waals surface area contributed by atoms with Crippen molar-refractivity contribution in [3.63, 3.8) is 0 Å². The predicted molar refractivity (Wildman–Crippen MR) is 62.9 cm³/mol. The Bertz CT molecular complexity index is 289. The zero-order valence-electron chi connectivity index (χ0n) is 10.2. The van der Waals surface area contributed by atoms with Gasteiger partial charge >= 0.3 is 0 Å². The SMILES string of the molecule is CC.CCC(C)Oc1nc(N)ncc1C. The van der Waals surface area contributed by atoms with Gasteiger partial charge in [0.25, 0.3) is 0 Å². The topological polar surface area (TPSA) is 61.0 Å². The second-order valence-electron chi connectivity index (χ2n) is 3.05. The van der Waals surface area contributed by atoms with Crippen LogP contribution in [0.2, 0.25) is 0 Å². The minimum Gasteiger partial charge on any atom is -0.474 e. The van der Waals surface area contributed by atoms with Crippen molar-refractivity contribution >= 4 is 5.95 Å². The smallest absolute Gasteiger partial charge is 0.223 e. The highest BCUT2D eigenvalue weighted by Crippen LogP contribution is 2.15. The van der Waals surface area contributed by atoms with Gasteiger partial charge in [-0.25, -0.2) is 4.98 Å². The number of ether oxygens (including phenoxy) is 1. The summed E-state index contributed by atoms with van der Waals surface area (Å²) >= 11 is 0. The number of anilines is 1. The summed E-state index contributed by atoms with van der Waals surface area (Å²) in [7, 11) is 0. The Balaban J connectivity index is 0.000000921. The summed E-state index contributed by atoms with van der Waals surface area (Å²) in [6, 6.07) is 0. The summed E-state index contributed by atoms with van der Waals surface area (Å²) in [4.78, 5) is 7.86. The first-order valence-electron chi connectivity index (χ1n) is 5.39. The van der Waals surface area contributed by atoms with E-state index in [0.717, 1.165) is 12.0 Å². The van der Waals surface area contributed by atoms with Crippen LogP contribution in [0.15, 0.2) is 6.20 Å². The molecule has 1 aromatic rings. The maximum absolute atomic E-state index is 5.54. The summed E-state index contributed by atoms with van der Waals surface area (Å²) in [5, 5.41) is 0. The first kappa shape index (κ1) is 13.7. The second-order valence-corrected chi connectivity index (χ2v) is 3.05. The van der Waals surface area contributed by atoms with E-state index in [9.17, 15) is 0 Å². The number of nitrogens with two attached hydrogens (primary N) is 1. The summed E-state index contributed by atoms with van der Waals surface area (Å²) in [5.41, 5.74) is 6.35. The van der Waals surface area contributed by atoms with Crippen LogP contribution in [0.3, 0.4) is 0 Å². The first-order valence-corrected chi connectivity index (χ1v) is 5.39. The van der Waals surface area contributed by atoms with E-state index in [2.05, 4.69) is 16.9 Å². The van der Waals surface area contributed by atoms with Gasteiger partial charge in [-0.15, -0.1) is 0 Å². The van der Waals surface area contributed by atoms with Crippen LogP contribution in [0, 0.1) is 6.92 Å². The minimum absolute atomic E-state index is 0.160. The Hall–Kier alpha value is -1.32. The summed E-state index contributed by atoms with van der Waals surface area (Å²) < 4.78 is 5.54. The van der Waals surface area contributed by atoms with Crippen LogP contribution in [0.25, 0.3) is 0 Å². The fourth-order valence-electron chi connectivity index (χ4n) is 0.832. The molecule has 0 bridgehead atoms. The van der Waals surface area contributed by atoms with Crippen LogP contribution in [-0.2, 0) is 0 Å². The number of rotatable bonds is 3. The third kappa shape index (κ3) is 4.63. The molecule has 4 nitrogen and oxygen atoms in total. The van der Waals surface area contributed by atoms with Crippen molar-refractivity contribution in [2.75, 3.05) is 5.73 Å². The highest BCUT2D eigenvalue weighted by atomic mass is 16.5. The van der Waals surface area contributed by atoms with E-state index < -0.39 is 0 Å². The van der Waals surface area contributed by atoms with Gasteiger partial charge in [-0.3, -0.25) is 0 Å². The van der Waals surface area contributed by atoms with E-state index in [1.54, 1.807) is 6.20 Å². The van der Waals surface area contributed by atoms with Crippen LogP contribution in [0.1, 0.15) is 39.7 Å². The minimum atomic E-state index is 0.160. The highest BCUT2D eigenvalue weighted by Gasteiger charge is 2.06. The first-order chi connectivity index (χ1) is 7.13. The van der Waals surface area contributed by atoms with E-state index >= 15 is 0 Å². The Kier molecular flexibility index (Phi) is 6.42. The molecule has 1 unspecified atom stereocenters. The number of aryl methyl sites for hydroxylation is 1. The number of hydrogen-bond donors (Lipinski definition) is 1. The molecule has 0 aliphatic heterocycles. The second kappa shape index (κ2) is 7.04. The van der Waals surface area contributed by atoms with Crippen molar-refractivity contribution in [1.29, 1.82) is 0 Å². The molecule has 0 fully saturated rings. The lowest BCUT2D eigenvalue weighted by molar-refractivity contribution is 0.207. The summed E-state index contributed by atoms with van der Waals surface area (Å²) in [6.07, 6.45) is 2.77. The lowest BCUT2D eigenvalue weighted by Crippen LogP contribution is -2.12. The van der Waals surface area contributed by atoms with Gasteiger partial charge in [0.15, 0.2) is 0 Å². The lowest BCUT2D eigenvalue weighted by Gasteiger charge is -2.12. The molecule has 2 N–H and O–H groups in total. The van der Waals surface area contributed by atoms with Gasteiger partial charge in [0, 0.05) is 11.8 Å². The fraction of sp³-hybridized carbons (Fsp3) is 0.636. The number of hydrogen-bond acceptors (Lipinski definition) is 4. The monoisotopic (exact) mass is 211 g/mol. The average Bonchev–Trinajstić information content (AvgIpc) is 2.26. The molecular formula is C11H21N3O. The van der Waals surface area contributed by atoms with Gasteiger partial charge in [0.1, 0.15) is 0 Å². The standard InChI is InChI=1S/C9H15N3O.C2H6/c1-4-7(3)13-8-6(2)5-11-9(10)12-8;1-2/h5,7H,4H2,1-3H3,(H2,10,11,12);1-2H3. The maximum atomic E-state index is 5.54. The summed E-state index contributed by atoms with van der Waals surface area (Å²) in [5.74, 6) is 0.839. The van der Waals surface area contributed by atoms with E-state index in [0.29, 0.717) is 5.88 Å². The number of nitrogens with zero attached hydrogens (tertiary/aromatic N) is 2. The molecule has 86 valence electrons. The van der Waals surface area contributed by atoms with Gasteiger partial charge < -0.3 is 10.5 Å². The quantitative estimate of drug-likeness (QED) is 0.834. The van der Waals surface area contributed by atoms with Gasteiger partial charge in [-0.2, -0.15) is 4.98 Å². The van der Waals surface area contributed by atoms with Crippen LogP contribution in [-0.4, -0.2) is 16.1 Å². The van der Waals surface area contributed by atoms with Crippen LogP contribution in [0.5, 0.6) is 5.88 Å². The highest BCUT2D eigenvalue weighted by molar-refractivity contribution is 5.28. The van der Waals surface area contributed by atoms with Gasteiger partial charge in [-0.05, 0) is 20.3 Å². The van der Waals surface area contributed by atoms with Crippen molar-refractivity contribution in [3.05, 3.63) is 11.8 Å². The van der Waals surface area contributed by atoms with Crippen molar-refractivity contribution in [3.8, 4) is 5.88 Å². The van der Waals surface area contributed by atoms with E-state index in [-0.39, 0.29) is 12.1 Å². The number of nitrogen functional groups attached to an aromatic ring is 1. The molecule has 0 saturated heterocycles. The maximum Gasteiger partial charge on any atom is 0.223 e. The van der Waals surface area contributed by atoms with Gasteiger partial charge in [-0.1, -0.05) is 20.8 Å². The molecule has 1 aromatic heterocycles. The Morgan fingerprint density at radius 3 is 2.60 bits per heavy atom. The van der Waals surface area contributed by atoms with Crippen LogP contribution in [0.4, 0.5) is 5.95 Å². The van der Waals surface area contributed by atoms with Crippen molar-refractivity contribution in [1.82, 2.24) is 9.97 Å². The third-order valence-electron chi connectivity index (χ3n) is 1.83.